The first-order valence-corrected chi connectivity index (χ1v) is 7.59. The third-order valence-electron chi connectivity index (χ3n) is 4.30. The topological polar surface area (TPSA) is 90.5 Å². The van der Waals surface area contributed by atoms with E-state index in [1.54, 1.807) is 17.9 Å². The van der Waals surface area contributed by atoms with Crippen molar-refractivity contribution < 1.29 is 14.7 Å². The second kappa shape index (κ2) is 6.34. The van der Waals surface area contributed by atoms with Crippen LogP contribution in [0.15, 0.2) is 16.9 Å². The van der Waals surface area contributed by atoms with E-state index in [0.29, 0.717) is 30.6 Å². The molecule has 0 spiro atoms. The lowest BCUT2D eigenvalue weighted by Gasteiger charge is -2.37. The van der Waals surface area contributed by atoms with Gasteiger partial charge in [0.1, 0.15) is 0 Å². The highest BCUT2D eigenvalue weighted by atomic mass is 16.4. The van der Waals surface area contributed by atoms with Gasteiger partial charge in [-0.2, -0.15) is 0 Å². The molecule has 22 heavy (non-hydrogen) atoms. The number of H-pyrrole nitrogens is 1. The van der Waals surface area contributed by atoms with E-state index in [-0.39, 0.29) is 23.4 Å². The molecule has 1 aromatic rings. The van der Waals surface area contributed by atoms with E-state index in [4.69, 9.17) is 0 Å². The Morgan fingerprint density at radius 1 is 1.36 bits per heavy atom. The molecule has 1 aliphatic heterocycles. The zero-order chi connectivity index (χ0) is 16.4. The van der Waals surface area contributed by atoms with Crippen molar-refractivity contribution in [3.05, 3.63) is 33.7 Å². The second-order valence-corrected chi connectivity index (χ2v) is 6.17. The third kappa shape index (κ3) is 3.21. The number of aromatic amines is 1. The summed E-state index contributed by atoms with van der Waals surface area (Å²) in [6.07, 6.45) is 1.24. The number of hydrogen-bond donors (Lipinski definition) is 2. The first-order valence-electron chi connectivity index (χ1n) is 7.59. The number of amides is 1. The van der Waals surface area contributed by atoms with Crippen LogP contribution in [0.3, 0.4) is 0 Å². The highest BCUT2D eigenvalue weighted by Gasteiger charge is 2.35. The summed E-state index contributed by atoms with van der Waals surface area (Å²) in [5, 5.41) is 9.25. The Bertz CT molecular complexity index is 635. The maximum atomic E-state index is 12.7. The van der Waals surface area contributed by atoms with Crippen molar-refractivity contribution in [2.24, 2.45) is 5.92 Å². The molecule has 0 bridgehead atoms. The molecule has 0 unspecified atom stereocenters. The van der Waals surface area contributed by atoms with Crippen LogP contribution in [0.1, 0.15) is 55.6 Å². The summed E-state index contributed by atoms with van der Waals surface area (Å²) in [4.78, 5) is 40.0. The number of aliphatic carboxylic acids is 1. The molecule has 2 rings (SSSR count). The standard InChI is InChI=1S/C16H22N2O4/c1-9(2)13-7-11(8-14(19)17-13)15(20)18-6-4-5-12(10(18)3)16(21)22/h7-10,12H,4-6H2,1-3H3,(H,17,19)(H,21,22)/t10-,12-/m0/s1. The molecule has 0 radical (unpaired) electrons. The van der Waals surface area contributed by atoms with Crippen molar-refractivity contribution in [3.8, 4) is 0 Å². The van der Waals surface area contributed by atoms with Gasteiger partial charge >= 0.3 is 5.97 Å². The van der Waals surface area contributed by atoms with Crippen molar-refractivity contribution in [1.82, 2.24) is 9.88 Å². The predicted molar refractivity (Wildman–Crippen MR) is 82.0 cm³/mol. The van der Waals surface area contributed by atoms with E-state index in [9.17, 15) is 19.5 Å². The van der Waals surface area contributed by atoms with E-state index >= 15 is 0 Å². The number of carbonyl (C=O) groups is 2. The van der Waals surface area contributed by atoms with Gasteiger partial charge in [0, 0.05) is 29.9 Å². The second-order valence-electron chi connectivity index (χ2n) is 6.17. The minimum absolute atomic E-state index is 0.103. The average molecular weight is 306 g/mol. The van der Waals surface area contributed by atoms with Crippen molar-refractivity contribution in [1.29, 1.82) is 0 Å². The average Bonchev–Trinajstić information content (AvgIpc) is 2.45. The van der Waals surface area contributed by atoms with Crippen LogP contribution in [-0.2, 0) is 4.79 Å². The van der Waals surface area contributed by atoms with Gasteiger partial charge in [0.25, 0.3) is 5.91 Å². The molecule has 1 aromatic heterocycles. The molecule has 2 atom stereocenters. The molecular weight excluding hydrogens is 284 g/mol. The normalized spacial score (nSPS) is 21.9. The van der Waals surface area contributed by atoms with Crippen LogP contribution >= 0.6 is 0 Å². The van der Waals surface area contributed by atoms with E-state index in [0.717, 1.165) is 0 Å². The number of piperidine rings is 1. The fourth-order valence-corrected chi connectivity index (χ4v) is 2.93. The van der Waals surface area contributed by atoms with Gasteiger partial charge in [-0.1, -0.05) is 13.8 Å². The number of rotatable bonds is 3. The molecule has 2 heterocycles. The molecule has 2 N–H and O–H groups in total. The van der Waals surface area contributed by atoms with Gasteiger partial charge in [-0.3, -0.25) is 14.4 Å². The van der Waals surface area contributed by atoms with Crippen molar-refractivity contribution in [2.75, 3.05) is 6.54 Å². The lowest BCUT2D eigenvalue weighted by atomic mass is 9.90. The summed E-state index contributed by atoms with van der Waals surface area (Å²) >= 11 is 0. The Morgan fingerprint density at radius 3 is 2.64 bits per heavy atom. The van der Waals surface area contributed by atoms with Crippen molar-refractivity contribution >= 4 is 11.9 Å². The van der Waals surface area contributed by atoms with Crippen LogP contribution in [0, 0.1) is 5.92 Å². The number of carboxylic acids is 1. The summed E-state index contributed by atoms with van der Waals surface area (Å²) in [5.41, 5.74) is 0.717. The molecular formula is C16H22N2O4. The van der Waals surface area contributed by atoms with Gasteiger partial charge in [0.15, 0.2) is 0 Å². The Morgan fingerprint density at radius 2 is 2.05 bits per heavy atom. The number of likely N-dealkylation sites (tertiary alicyclic amines) is 1. The van der Waals surface area contributed by atoms with Gasteiger partial charge in [-0.25, -0.2) is 0 Å². The molecule has 1 fully saturated rings. The number of aromatic nitrogens is 1. The number of hydrogen-bond acceptors (Lipinski definition) is 3. The number of pyridine rings is 1. The van der Waals surface area contributed by atoms with Crippen molar-refractivity contribution in [3.63, 3.8) is 0 Å². The molecule has 0 saturated carbocycles. The van der Waals surface area contributed by atoms with Gasteiger partial charge in [0.05, 0.1) is 5.92 Å². The van der Waals surface area contributed by atoms with Crippen molar-refractivity contribution in [2.45, 2.75) is 45.6 Å². The molecule has 1 amide bonds. The smallest absolute Gasteiger partial charge is 0.308 e. The van der Waals surface area contributed by atoms with Crippen LogP contribution in [0.2, 0.25) is 0 Å². The van der Waals surface area contributed by atoms with Gasteiger partial charge in [0.2, 0.25) is 5.56 Å². The molecule has 0 aliphatic carbocycles. The maximum absolute atomic E-state index is 12.7. The third-order valence-corrected chi connectivity index (χ3v) is 4.30. The minimum Gasteiger partial charge on any atom is -0.481 e. The van der Waals surface area contributed by atoms with Crippen LogP contribution in [0.5, 0.6) is 0 Å². The monoisotopic (exact) mass is 306 g/mol. The van der Waals surface area contributed by atoms with Crippen LogP contribution in [-0.4, -0.2) is 39.5 Å². The fourth-order valence-electron chi connectivity index (χ4n) is 2.93. The quantitative estimate of drug-likeness (QED) is 0.891. The van der Waals surface area contributed by atoms with E-state index in [1.165, 1.54) is 6.07 Å². The maximum Gasteiger partial charge on any atom is 0.308 e. The van der Waals surface area contributed by atoms with E-state index in [1.807, 2.05) is 13.8 Å². The molecule has 0 aromatic carbocycles. The van der Waals surface area contributed by atoms with Crippen LogP contribution in [0.25, 0.3) is 0 Å². The minimum atomic E-state index is -0.876. The predicted octanol–water partition coefficient (Wildman–Crippen LogP) is 1.82. The lowest BCUT2D eigenvalue weighted by Crippen LogP contribution is -2.49. The van der Waals surface area contributed by atoms with Crippen LogP contribution < -0.4 is 5.56 Å². The van der Waals surface area contributed by atoms with Gasteiger partial charge in [-0.05, 0) is 31.7 Å². The molecule has 120 valence electrons. The summed E-state index contributed by atoms with van der Waals surface area (Å²) in [6, 6.07) is 2.59. The van der Waals surface area contributed by atoms with Gasteiger partial charge < -0.3 is 15.0 Å². The highest BCUT2D eigenvalue weighted by molar-refractivity contribution is 5.94. The zero-order valence-electron chi connectivity index (χ0n) is 13.1. The number of nitrogens with zero attached hydrogens (tertiary/aromatic N) is 1. The largest absolute Gasteiger partial charge is 0.481 e. The summed E-state index contributed by atoms with van der Waals surface area (Å²) in [7, 11) is 0. The molecule has 1 saturated heterocycles. The SMILES string of the molecule is CC(C)c1cc(C(=O)N2CCC[C@H](C(=O)O)[C@@H]2C)cc(=O)[nH]1. The summed E-state index contributed by atoms with van der Waals surface area (Å²) in [5.74, 6) is -1.60. The number of carboxylic acid groups (broad SMARTS) is 1. The lowest BCUT2D eigenvalue weighted by molar-refractivity contribution is -0.144. The summed E-state index contributed by atoms with van der Waals surface area (Å²) < 4.78 is 0. The highest BCUT2D eigenvalue weighted by Crippen LogP contribution is 2.25. The Balaban J connectivity index is 2.31. The first kappa shape index (κ1) is 16.3. The Kier molecular flexibility index (Phi) is 4.68. The Labute approximate surface area is 129 Å². The molecule has 6 heteroatoms. The Hall–Kier alpha value is -2.11. The number of carbonyl (C=O) groups excluding carboxylic acids is 1. The van der Waals surface area contributed by atoms with E-state index in [2.05, 4.69) is 4.98 Å². The van der Waals surface area contributed by atoms with E-state index < -0.39 is 11.9 Å². The summed E-state index contributed by atoms with van der Waals surface area (Å²) in [6.45, 7) is 6.15. The van der Waals surface area contributed by atoms with Crippen LogP contribution in [0.4, 0.5) is 0 Å². The molecule has 6 nitrogen and oxygen atoms in total. The fraction of sp³-hybridized carbons (Fsp3) is 0.562. The molecule has 1 aliphatic rings. The zero-order valence-corrected chi connectivity index (χ0v) is 13.1. The first-order chi connectivity index (χ1) is 10.3. The number of nitrogens with one attached hydrogen (secondary N) is 1. The van der Waals surface area contributed by atoms with Gasteiger partial charge in [-0.15, -0.1) is 0 Å².